The second-order valence-corrected chi connectivity index (χ2v) is 11.5. The molecule has 0 bridgehead atoms. The van der Waals surface area contributed by atoms with Crippen molar-refractivity contribution in [2.24, 2.45) is 0 Å². The Labute approximate surface area is 240 Å². The van der Waals surface area contributed by atoms with Gasteiger partial charge in [0, 0.05) is 30.1 Å². The summed E-state index contributed by atoms with van der Waals surface area (Å²) in [5, 5.41) is 0.630. The third-order valence-electron chi connectivity index (χ3n) is 6.21. The number of benzene rings is 5. The molecule has 0 nitrogen and oxygen atoms in total. The number of halogens is 5. The van der Waals surface area contributed by atoms with E-state index in [1.165, 1.54) is 12.1 Å². The number of hydrogen-bond acceptors (Lipinski definition) is 0. The molecule has 0 aliphatic rings. The first-order valence-corrected chi connectivity index (χ1v) is 14.0. The molecule has 5 aromatic rings. The minimum Gasteiger partial charge on any atom is -0.207 e. The summed E-state index contributed by atoms with van der Waals surface area (Å²) in [7, 11) is 0. The molecule has 0 saturated heterocycles. The molecule has 0 aliphatic carbocycles. The highest BCUT2D eigenvalue weighted by Crippen LogP contribution is 2.52. The minimum absolute atomic E-state index is 0.287. The van der Waals surface area contributed by atoms with Gasteiger partial charge >= 0.3 is 0 Å². The highest BCUT2D eigenvalue weighted by atomic mass is 79.9. The van der Waals surface area contributed by atoms with Gasteiger partial charge < -0.3 is 0 Å². The molecule has 0 heterocycles. The Bertz CT molecular complexity index is 1580. The Balaban J connectivity index is 2.00. The Morgan fingerprint density at radius 1 is 0.583 bits per heavy atom. The lowest BCUT2D eigenvalue weighted by atomic mass is 9.81. The molecule has 0 aliphatic heterocycles. The SMILES string of the molecule is Cc1c(-c2ccc(Br)cc2)c(Cl)c(-c2ccc(F)cc2)c(-c2ccccc2Br)c1-c1cccc(Br)c1. The molecule has 5 heteroatoms. The summed E-state index contributed by atoms with van der Waals surface area (Å²) in [6, 6.07) is 31.1. The van der Waals surface area contributed by atoms with Gasteiger partial charge in [0.05, 0.1) is 5.02 Å². The van der Waals surface area contributed by atoms with E-state index in [2.05, 4.69) is 85.0 Å². The molecule has 5 rings (SSSR count). The first-order valence-electron chi connectivity index (χ1n) is 11.2. The van der Waals surface area contributed by atoms with Gasteiger partial charge in [0.25, 0.3) is 0 Å². The van der Waals surface area contributed by atoms with Crippen LogP contribution < -0.4 is 0 Å². The van der Waals surface area contributed by atoms with Gasteiger partial charge in [-0.2, -0.15) is 0 Å². The molecule has 0 radical (unpaired) electrons. The largest absolute Gasteiger partial charge is 0.207 e. The molecule has 0 amide bonds. The van der Waals surface area contributed by atoms with Crippen molar-refractivity contribution >= 4 is 59.4 Å². The van der Waals surface area contributed by atoms with Crippen molar-refractivity contribution in [3.05, 3.63) is 127 Å². The van der Waals surface area contributed by atoms with Crippen LogP contribution in [0.2, 0.25) is 5.02 Å². The van der Waals surface area contributed by atoms with Crippen LogP contribution in [0.5, 0.6) is 0 Å². The van der Waals surface area contributed by atoms with Gasteiger partial charge in [-0.05, 0) is 82.8 Å². The Morgan fingerprint density at radius 2 is 1.22 bits per heavy atom. The Kier molecular flexibility index (Phi) is 7.50. The van der Waals surface area contributed by atoms with Crippen LogP contribution in [0.4, 0.5) is 4.39 Å². The van der Waals surface area contributed by atoms with Crippen molar-refractivity contribution in [3.8, 4) is 44.5 Å². The summed E-state index contributed by atoms with van der Waals surface area (Å²) in [4.78, 5) is 0. The molecule has 0 spiro atoms. The highest BCUT2D eigenvalue weighted by Gasteiger charge is 2.26. The summed E-state index contributed by atoms with van der Waals surface area (Å²) < 4.78 is 16.9. The summed E-state index contributed by atoms with van der Waals surface area (Å²) in [6.45, 7) is 2.12. The fourth-order valence-electron chi connectivity index (χ4n) is 4.62. The molecule has 0 fully saturated rings. The lowest BCUT2D eigenvalue weighted by Gasteiger charge is -2.25. The van der Waals surface area contributed by atoms with Crippen molar-refractivity contribution in [1.29, 1.82) is 0 Å². The van der Waals surface area contributed by atoms with Gasteiger partial charge in [0.2, 0.25) is 0 Å². The van der Waals surface area contributed by atoms with Gasteiger partial charge in [-0.3, -0.25) is 0 Å². The van der Waals surface area contributed by atoms with E-state index >= 15 is 0 Å². The first kappa shape index (κ1) is 25.4. The molecular weight excluding hydrogens is 667 g/mol. The molecule has 0 saturated carbocycles. The van der Waals surface area contributed by atoms with Crippen molar-refractivity contribution < 1.29 is 4.39 Å². The lowest BCUT2D eigenvalue weighted by molar-refractivity contribution is 0.628. The van der Waals surface area contributed by atoms with Crippen molar-refractivity contribution in [2.75, 3.05) is 0 Å². The minimum atomic E-state index is -0.287. The molecule has 5 aromatic carbocycles. The van der Waals surface area contributed by atoms with Crippen molar-refractivity contribution in [3.63, 3.8) is 0 Å². The van der Waals surface area contributed by atoms with E-state index in [4.69, 9.17) is 11.6 Å². The summed E-state index contributed by atoms with van der Waals surface area (Å²) in [5.74, 6) is -0.287. The smallest absolute Gasteiger partial charge is 0.123 e. The fourth-order valence-corrected chi connectivity index (χ4v) is 6.22. The third kappa shape index (κ3) is 4.84. The quantitative estimate of drug-likeness (QED) is 0.177. The summed E-state index contributed by atoms with van der Waals surface area (Å²) in [6.07, 6.45) is 0. The van der Waals surface area contributed by atoms with E-state index in [0.29, 0.717) is 5.02 Å². The van der Waals surface area contributed by atoms with Crippen LogP contribution in [-0.4, -0.2) is 0 Å². The van der Waals surface area contributed by atoms with Crippen molar-refractivity contribution in [2.45, 2.75) is 6.92 Å². The Hall–Kier alpha value is -2.24. The predicted molar refractivity (Wildman–Crippen MR) is 161 cm³/mol. The van der Waals surface area contributed by atoms with Crippen LogP contribution in [0.15, 0.2) is 110 Å². The molecule has 0 unspecified atom stereocenters. The fraction of sp³-hybridized carbons (Fsp3) is 0.0323. The summed E-state index contributed by atoms with van der Waals surface area (Å²) >= 11 is 18.3. The number of hydrogen-bond donors (Lipinski definition) is 0. The molecule has 36 heavy (non-hydrogen) atoms. The van der Waals surface area contributed by atoms with E-state index in [0.717, 1.165) is 63.5 Å². The number of rotatable bonds is 4. The zero-order chi connectivity index (χ0) is 25.4. The molecule has 0 aromatic heterocycles. The second-order valence-electron chi connectivity index (χ2n) is 8.44. The maximum Gasteiger partial charge on any atom is 0.123 e. The van der Waals surface area contributed by atoms with Gasteiger partial charge in [0.1, 0.15) is 5.82 Å². The molecule has 0 N–H and O–H groups in total. The zero-order valence-electron chi connectivity index (χ0n) is 19.1. The van der Waals surface area contributed by atoms with E-state index in [9.17, 15) is 4.39 Å². The Morgan fingerprint density at radius 3 is 1.89 bits per heavy atom. The van der Waals surface area contributed by atoms with E-state index in [-0.39, 0.29) is 5.82 Å². The summed E-state index contributed by atoms with van der Waals surface area (Å²) in [5.41, 5.74) is 8.89. The zero-order valence-corrected chi connectivity index (χ0v) is 24.6. The van der Waals surface area contributed by atoms with Crippen LogP contribution in [0.25, 0.3) is 44.5 Å². The average molecular weight is 686 g/mol. The van der Waals surface area contributed by atoms with Crippen molar-refractivity contribution in [1.82, 2.24) is 0 Å². The van der Waals surface area contributed by atoms with Gasteiger partial charge in [-0.15, -0.1) is 0 Å². The topological polar surface area (TPSA) is 0 Å². The average Bonchev–Trinajstić information content (AvgIpc) is 2.86. The standard InChI is InChI=1S/C31H19Br3ClF/c1-18-27(21-5-4-6-23(33)17-21)30(25-7-2-3-8-26(25)34)29(20-11-15-24(36)16-12-20)31(35)28(18)19-9-13-22(32)14-10-19/h2-17H,1H3. The second kappa shape index (κ2) is 10.6. The monoisotopic (exact) mass is 682 g/mol. The first-order chi connectivity index (χ1) is 17.3. The lowest BCUT2D eigenvalue weighted by Crippen LogP contribution is -2.00. The predicted octanol–water partition coefficient (Wildman–Crippen LogP) is 11.7. The third-order valence-corrected chi connectivity index (χ3v) is 8.30. The van der Waals surface area contributed by atoms with E-state index < -0.39 is 0 Å². The van der Waals surface area contributed by atoms with Gasteiger partial charge in [-0.25, -0.2) is 4.39 Å². The van der Waals surface area contributed by atoms with Crippen LogP contribution in [0.1, 0.15) is 5.56 Å². The molecular formula is C31H19Br3ClF. The maximum absolute atomic E-state index is 14.0. The normalized spacial score (nSPS) is 11.1. The molecule has 178 valence electrons. The molecule has 0 atom stereocenters. The van der Waals surface area contributed by atoms with Crippen LogP contribution in [0.3, 0.4) is 0 Å². The van der Waals surface area contributed by atoms with Gasteiger partial charge in [-0.1, -0.05) is 114 Å². The highest BCUT2D eigenvalue weighted by molar-refractivity contribution is 9.11. The maximum atomic E-state index is 14.0. The van der Waals surface area contributed by atoms with Crippen LogP contribution >= 0.6 is 59.4 Å². The van der Waals surface area contributed by atoms with Crippen LogP contribution in [0, 0.1) is 12.7 Å². The van der Waals surface area contributed by atoms with E-state index in [1.54, 1.807) is 12.1 Å². The van der Waals surface area contributed by atoms with E-state index in [1.807, 2.05) is 42.5 Å². The van der Waals surface area contributed by atoms with Gasteiger partial charge in [0.15, 0.2) is 0 Å². The van der Waals surface area contributed by atoms with Crippen LogP contribution in [-0.2, 0) is 0 Å².